The van der Waals surface area contributed by atoms with Gasteiger partial charge in [0.25, 0.3) is 0 Å². The second-order valence-electron chi connectivity index (χ2n) is 4.31. The van der Waals surface area contributed by atoms with E-state index in [4.69, 9.17) is 24.4 Å². The molecule has 0 heterocycles. The molecule has 0 fully saturated rings. The first-order chi connectivity index (χ1) is 9.09. The van der Waals surface area contributed by atoms with Crippen molar-refractivity contribution in [3.8, 4) is 0 Å². The molecule has 0 aromatic heterocycles. The molecule has 0 bridgehead atoms. The van der Waals surface area contributed by atoms with Gasteiger partial charge in [0.05, 0.1) is 0 Å². The van der Waals surface area contributed by atoms with Crippen LogP contribution in [0.5, 0.6) is 0 Å². The minimum atomic E-state index is 0.653. The van der Waals surface area contributed by atoms with Crippen molar-refractivity contribution in [2.75, 3.05) is 0 Å². The van der Waals surface area contributed by atoms with Crippen molar-refractivity contribution in [2.45, 2.75) is 27.7 Å². The molecule has 0 N–H and O–H groups in total. The van der Waals surface area contributed by atoms with Gasteiger partial charge in [0.1, 0.15) is 0 Å². The zero-order chi connectivity index (χ0) is 16.0. The normalized spacial score (nSPS) is 9.60. The summed E-state index contributed by atoms with van der Waals surface area (Å²) in [6.07, 6.45) is 0. The number of hydrogen-bond donors (Lipinski definition) is 0. The monoisotopic (exact) mass is 344 g/mol. The van der Waals surface area contributed by atoms with E-state index < -0.39 is 0 Å². The smallest absolute Gasteiger partial charge is 0.155 e. The van der Waals surface area contributed by atoms with Gasteiger partial charge in [-0.1, -0.05) is 50.8 Å². The Morgan fingerprint density at radius 2 is 0.850 bits per heavy atom. The van der Waals surface area contributed by atoms with E-state index in [0.717, 1.165) is 22.8 Å². The predicted molar refractivity (Wildman–Crippen MR) is 103 cm³/mol. The maximum absolute atomic E-state index is 5.39. The Kier molecular flexibility index (Phi) is 8.42. The molecule has 6 heteroatoms. The van der Waals surface area contributed by atoms with Gasteiger partial charge in [-0.3, -0.25) is 0 Å². The summed E-state index contributed by atoms with van der Waals surface area (Å²) in [7, 11) is 2.80. The van der Waals surface area contributed by atoms with Gasteiger partial charge in [-0.15, -0.1) is 0 Å². The first-order valence-corrected chi connectivity index (χ1v) is 8.71. The highest BCUT2D eigenvalue weighted by atomic mass is 33.1. The molecule has 0 amide bonds. The van der Waals surface area contributed by atoms with Crippen molar-refractivity contribution >= 4 is 54.7 Å². The van der Waals surface area contributed by atoms with Crippen LogP contribution in [0.2, 0.25) is 0 Å². The molecule has 110 valence electrons. The standard InChI is InChI=1S/C14H20N2S4/c1-9(2)15(10(3)4)13(17)19-20-14(18)16(11(5)6)12(7)8/h1,3,5,7H2,2,4,6,8H3. The lowest BCUT2D eigenvalue weighted by Gasteiger charge is -2.27. The summed E-state index contributed by atoms with van der Waals surface area (Å²) in [4.78, 5) is 3.64. The van der Waals surface area contributed by atoms with Gasteiger partial charge >= 0.3 is 0 Å². The topological polar surface area (TPSA) is 6.48 Å². The number of rotatable bonds is 4. The van der Waals surface area contributed by atoms with E-state index in [1.54, 1.807) is 0 Å². The van der Waals surface area contributed by atoms with Crippen LogP contribution < -0.4 is 0 Å². The van der Waals surface area contributed by atoms with E-state index in [2.05, 4.69) is 26.3 Å². The highest BCUT2D eigenvalue weighted by Crippen LogP contribution is 2.32. The zero-order valence-electron chi connectivity index (χ0n) is 12.4. The summed E-state index contributed by atoms with van der Waals surface area (Å²) in [5.41, 5.74) is 3.33. The lowest BCUT2D eigenvalue weighted by Crippen LogP contribution is -2.24. The molecule has 2 nitrogen and oxygen atoms in total. The summed E-state index contributed by atoms with van der Waals surface area (Å²) in [5.74, 6) is 0. The van der Waals surface area contributed by atoms with Gasteiger partial charge in [-0.2, -0.15) is 0 Å². The van der Waals surface area contributed by atoms with Gasteiger partial charge in [0, 0.05) is 22.8 Å². The first kappa shape index (κ1) is 19.4. The Hall–Kier alpha value is -0.560. The fraction of sp³-hybridized carbons (Fsp3) is 0.286. The molecule has 0 atom stereocenters. The molecule has 0 saturated carbocycles. The average molecular weight is 345 g/mol. The van der Waals surface area contributed by atoms with E-state index in [1.807, 2.05) is 37.5 Å². The molecular formula is C14H20N2S4. The highest BCUT2D eigenvalue weighted by molar-refractivity contribution is 8.89. The van der Waals surface area contributed by atoms with Crippen molar-refractivity contribution in [3.05, 3.63) is 49.1 Å². The zero-order valence-corrected chi connectivity index (χ0v) is 15.6. The first-order valence-electron chi connectivity index (χ1n) is 5.74. The third-order valence-electron chi connectivity index (χ3n) is 2.08. The maximum atomic E-state index is 5.39. The van der Waals surface area contributed by atoms with E-state index in [0.29, 0.717) is 8.64 Å². The van der Waals surface area contributed by atoms with Gasteiger partial charge in [0.2, 0.25) is 0 Å². The Labute approximate surface area is 141 Å². The molecule has 0 aliphatic rings. The van der Waals surface area contributed by atoms with Crippen LogP contribution >= 0.6 is 46.0 Å². The van der Waals surface area contributed by atoms with Gasteiger partial charge in [0.15, 0.2) is 8.64 Å². The van der Waals surface area contributed by atoms with Gasteiger partial charge in [-0.25, -0.2) is 0 Å². The van der Waals surface area contributed by atoms with Crippen LogP contribution in [0.1, 0.15) is 27.7 Å². The van der Waals surface area contributed by atoms with Crippen LogP contribution in [-0.4, -0.2) is 18.4 Å². The van der Waals surface area contributed by atoms with Crippen molar-refractivity contribution < 1.29 is 0 Å². The van der Waals surface area contributed by atoms with Crippen molar-refractivity contribution in [1.82, 2.24) is 9.80 Å². The molecule has 0 radical (unpaired) electrons. The van der Waals surface area contributed by atoms with E-state index in [1.165, 1.54) is 21.6 Å². The van der Waals surface area contributed by atoms with Crippen LogP contribution in [-0.2, 0) is 0 Å². The van der Waals surface area contributed by atoms with E-state index in [9.17, 15) is 0 Å². The van der Waals surface area contributed by atoms with Crippen molar-refractivity contribution in [1.29, 1.82) is 0 Å². The SMILES string of the molecule is C=C(C)N(C(=C)C)C(=S)SSC(=S)N(C(=C)C)C(=C)C. The van der Waals surface area contributed by atoms with Gasteiger partial charge < -0.3 is 9.80 Å². The molecular weight excluding hydrogens is 324 g/mol. The van der Waals surface area contributed by atoms with Crippen LogP contribution in [0.3, 0.4) is 0 Å². The second kappa shape index (κ2) is 8.67. The molecule has 20 heavy (non-hydrogen) atoms. The van der Waals surface area contributed by atoms with E-state index in [-0.39, 0.29) is 0 Å². The summed E-state index contributed by atoms with van der Waals surface area (Å²) >= 11 is 10.8. The number of allylic oxidation sites excluding steroid dienone is 4. The van der Waals surface area contributed by atoms with Crippen molar-refractivity contribution in [3.63, 3.8) is 0 Å². The summed E-state index contributed by atoms with van der Waals surface area (Å²) < 4.78 is 1.31. The molecule has 0 rings (SSSR count). The number of nitrogens with zero attached hydrogens (tertiary/aromatic N) is 2. The molecule has 0 aromatic rings. The Morgan fingerprint density at radius 3 is 1.00 bits per heavy atom. The predicted octanol–water partition coefficient (Wildman–Crippen LogP) is 5.68. The van der Waals surface area contributed by atoms with E-state index >= 15 is 0 Å². The average Bonchev–Trinajstić information content (AvgIpc) is 2.23. The Balaban J connectivity index is 4.77. The van der Waals surface area contributed by atoms with Crippen LogP contribution in [0.4, 0.5) is 0 Å². The molecule has 0 aromatic carbocycles. The molecule has 0 unspecified atom stereocenters. The maximum Gasteiger partial charge on any atom is 0.155 e. The second-order valence-corrected chi connectivity index (χ2v) is 7.71. The quantitative estimate of drug-likeness (QED) is 0.475. The molecule has 0 saturated heterocycles. The summed E-state index contributed by atoms with van der Waals surface area (Å²) in [6.45, 7) is 23.1. The molecule has 0 spiro atoms. The lowest BCUT2D eigenvalue weighted by molar-refractivity contribution is 0.660. The summed E-state index contributed by atoms with van der Waals surface area (Å²) in [6, 6.07) is 0. The van der Waals surface area contributed by atoms with Crippen LogP contribution in [0, 0.1) is 0 Å². The molecule has 0 aliphatic carbocycles. The molecule has 0 aliphatic heterocycles. The number of hydrogen-bond acceptors (Lipinski definition) is 4. The highest BCUT2D eigenvalue weighted by Gasteiger charge is 2.17. The minimum Gasteiger partial charge on any atom is -0.305 e. The Bertz CT molecular complexity index is 408. The fourth-order valence-electron chi connectivity index (χ4n) is 1.42. The van der Waals surface area contributed by atoms with Crippen LogP contribution in [0.15, 0.2) is 49.1 Å². The third-order valence-corrected chi connectivity index (χ3v) is 5.51. The number of thiocarbonyl (C=S) groups is 2. The van der Waals surface area contributed by atoms with Gasteiger partial charge in [-0.05, 0) is 49.3 Å². The van der Waals surface area contributed by atoms with Crippen LogP contribution in [0.25, 0.3) is 0 Å². The van der Waals surface area contributed by atoms with Crippen molar-refractivity contribution in [2.24, 2.45) is 0 Å². The minimum absolute atomic E-state index is 0.653. The summed E-state index contributed by atoms with van der Waals surface area (Å²) in [5, 5.41) is 0. The fourth-order valence-corrected chi connectivity index (χ4v) is 4.45. The lowest BCUT2D eigenvalue weighted by atomic mass is 10.4. The largest absolute Gasteiger partial charge is 0.305 e. The third kappa shape index (κ3) is 5.83. The Morgan fingerprint density at radius 1 is 0.650 bits per heavy atom.